The van der Waals surface area contributed by atoms with Crippen LogP contribution in [-0.2, 0) is 6.54 Å². The average Bonchev–Trinajstić information content (AvgIpc) is 2.51. The summed E-state index contributed by atoms with van der Waals surface area (Å²) in [6, 6.07) is -0.501. The second-order valence-electron chi connectivity index (χ2n) is 2.61. The number of rotatable bonds is 4. The first-order chi connectivity index (χ1) is 5.74. The number of hydrogen-bond acceptors (Lipinski definition) is 3. The molecule has 1 aromatic heterocycles. The molecule has 0 bridgehead atoms. The van der Waals surface area contributed by atoms with Gasteiger partial charge >= 0.3 is 0 Å². The second-order valence-corrected chi connectivity index (χ2v) is 2.61. The molecular weight excluding hydrogens is 158 g/mol. The van der Waals surface area contributed by atoms with Gasteiger partial charge in [-0.2, -0.15) is 0 Å². The highest BCUT2D eigenvalue weighted by atomic mass is 16.6. The Bertz CT molecular complexity index is 245. The SMILES string of the molecule is CC[C@@H](Cn1ccnc1)[N+](=O)[O-]. The summed E-state index contributed by atoms with van der Waals surface area (Å²) in [4.78, 5) is 14.0. The third kappa shape index (κ3) is 2.05. The van der Waals surface area contributed by atoms with Crippen LogP contribution in [-0.4, -0.2) is 20.5 Å². The van der Waals surface area contributed by atoms with E-state index in [4.69, 9.17) is 0 Å². The summed E-state index contributed by atoms with van der Waals surface area (Å²) in [5, 5.41) is 10.4. The molecule has 5 heteroatoms. The molecule has 0 amide bonds. The second kappa shape index (κ2) is 3.85. The van der Waals surface area contributed by atoms with Crippen molar-refractivity contribution in [2.45, 2.75) is 25.9 Å². The van der Waals surface area contributed by atoms with E-state index in [-0.39, 0.29) is 4.92 Å². The molecule has 0 N–H and O–H groups in total. The smallest absolute Gasteiger partial charge is 0.230 e. The summed E-state index contributed by atoms with van der Waals surface area (Å²) >= 11 is 0. The molecule has 66 valence electrons. The molecule has 0 spiro atoms. The fourth-order valence-corrected chi connectivity index (χ4v) is 0.983. The van der Waals surface area contributed by atoms with E-state index in [1.165, 1.54) is 0 Å². The van der Waals surface area contributed by atoms with E-state index in [9.17, 15) is 10.1 Å². The van der Waals surface area contributed by atoms with Crippen LogP contribution >= 0.6 is 0 Å². The predicted molar refractivity (Wildman–Crippen MR) is 43.3 cm³/mol. The van der Waals surface area contributed by atoms with Crippen molar-refractivity contribution in [2.75, 3.05) is 0 Å². The van der Waals surface area contributed by atoms with Crippen LogP contribution in [0.2, 0.25) is 0 Å². The monoisotopic (exact) mass is 169 g/mol. The number of imidazole rings is 1. The van der Waals surface area contributed by atoms with Gasteiger partial charge in [-0.25, -0.2) is 4.98 Å². The highest BCUT2D eigenvalue weighted by Gasteiger charge is 2.16. The topological polar surface area (TPSA) is 61.0 Å². The Kier molecular flexibility index (Phi) is 2.79. The van der Waals surface area contributed by atoms with Gasteiger partial charge in [0.1, 0.15) is 0 Å². The molecule has 0 aliphatic rings. The molecule has 1 aromatic rings. The summed E-state index contributed by atoms with van der Waals surface area (Å²) < 4.78 is 1.72. The highest BCUT2D eigenvalue weighted by molar-refractivity contribution is 4.75. The zero-order valence-corrected chi connectivity index (χ0v) is 6.88. The molecule has 0 fully saturated rings. The molecule has 1 atom stereocenters. The maximum Gasteiger partial charge on any atom is 0.230 e. The molecule has 12 heavy (non-hydrogen) atoms. The van der Waals surface area contributed by atoms with Gasteiger partial charge in [0.2, 0.25) is 6.04 Å². The molecule has 1 rings (SSSR count). The Balaban J connectivity index is 2.54. The third-order valence-corrected chi connectivity index (χ3v) is 1.75. The molecule has 5 nitrogen and oxygen atoms in total. The average molecular weight is 169 g/mol. The predicted octanol–water partition coefficient (Wildman–Crippen LogP) is 0.938. The molecule has 1 heterocycles. The van der Waals surface area contributed by atoms with Gasteiger partial charge in [0.25, 0.3) is 0 Å². The number of nitrogens with zero attached hydrogens (tertiary/aromatic N) is 3. The van der Waals surface area contributed by atoms with Gasteiger partial charge in [-0.05, 0) is 0 Å². The van der Waals surface area contributed by atoms with Gasteiger partial charge in [0.05, 0.1) is 12.9 Å². The lowest BCUT2D eigenvalue weighted by Crippen LogP contribution is -2.23. The fraction of sp³-hybridized carbons (Fsp3) is 0.571. The summed E-state index contributed by atoms with van der Waals surface area (Å²) in [6.45, 7) is 2.22. The maximum absolute atomic E-state index is 10.4. The van der Waals surface area contributed by atoms with Crippen LogP contribution in [0.3, 0.4) is 0 Å². The van der Waals surface area contributed by atoms with Gasteiger partial charge in [0, 0.05) is 23.7 Å². The maximum atomic E-state index is 10.4. The molecule has 0 aromatic carbocycles. The van der Waals surface area contributed by atoms with Crippen molar-refractivity contribution in [1.29, 1.82) is 0 Å². The zero-order valence-electron chi connectivity index (χ0n) is 6.88. The van der Waals surface area contributed by atoms with Crippen LogP contribution in [0.1, 0.15) is 13.3 Å². The molecule has 0 unspecified atom stereocenters. The number of hydrogen-bond donors (Lipinski definition) is 0. The van der Waals surface area contributed by atoms with Crippen LogP contribution < -0.4 is 0 Å². The van der Waals surface area contributed by atoms with E-state index in [0.29, 0.717) is 13.0 Å². The van der Waals surface area contributed by atoms with Crippen molar-refractivity contribution in [3.05, 3.63) is 28.8 Å². The van der Waals surface area contributed by atoms with Gasteiger partial charge < -0.3 is 4.57 Å². The minimum absolute atomic E-state index is 0.250. The van der Waals surface area contributed by atoms with Gasteiger partial charge in [0.15, 0.2) is 0 Å². The van der Waals surface area contributed by atoms with Crippen molar-refractivity contribution in [3.63, 3.8) is 0 Å². The van der Waals surface area contributed by atoms with Gasteiger partial charge in [-0.1, -0.05) is 6.92 Å². The number of nitro groups is 1. The summed E-state index contributed by atoms with van der Waals surface area (Å²) in [6.07, 6.45) is 5.48. The lowest BCUT2D eigenvalue weighted by molar-refractivity contribution is -0.524. The minimum Gasteiger partial charge on any atom is -0.331 e. The molecule has 0 aliphatic heterocycles. The standard InChI is InChI=1S/C7H11N3O2/c1-2-7(10(11)12)5-9-4-3-8-6-9/h3-4,6-7H,2,5H2,1H3/t7-/m0/s1. The van der Waals surface area contributed by atoms with E-state index in [1.807, 2.05) is 6.92 Å². The lowest BCUT2D eigenvalue weighted by atomic mass is 10.2. The van der Waals surface area contributed by atoms with Crippen molar-refractivity contribution in [3.8, 4) is 0 Å². The van der Waals surface area contributed by atoms with Crippen LogP contribution in [0.5, 0.6) is 0 Å². The van der Waals surface area contributed by atoms with E-state index < -0.39 is 6.04 Å². The third-order valence-electron chi connectivity index (χ3n) is 1.75. The summed E-state index contributed by atoms with van der Waals surface area (Å²) in [7, 11) is 0. The van der Waals surface area contributed by atoms with Crippen molar-refractivity contribution in [2.24, 2.45) is 0 Å². The first-order valence-corrected chi connectivity index (χ1v) is 3.83. The first-order valence-electron chi connectivity index (χ1n) is 3.83. The fourth-order valence-electron chi connectivity index (χ4n) is 0.983. The Morgan fingerprint density at radius 2 is 2.50 bits per heavy atom. The van der Waals surface area contributed by atoms with Gasteiger partial charge in [-0.15, -0.1) is 0 Å². The normalized spacial score (nSPS) is 12.8. The highest BCUT2D eigenvalue weighted by Crippen LogP contribution is 2.00. The van der Waals surface area contributed by atoms with E-state index in [0.717, 1.165) is 0 Å². The molecule has 0 aliphatic carbocycles. The quantitative estimate of drug-likeness (QED) is 0.497. The Morgan fingerprint density at radius 3 is 2.92 bits per heavy atom. The van der Waals surface area contributed by atoms with Crippen LogP contribution in [0.25, 0.3) is 0 Å². The number of aromatic nitrogens is 2. The lowest BCUT2D eigenvalue weighted by Gasteiger charge is -2.06. The van der Waals surface area contributed by atoms with Crippen LogP contribution in [0.4, 0.5) is 0 Å². The zero-order chi connectivity index (χ0) is 8.97. The van der Waals surface area contributed by atoms with E-state index in [1.54, 1.807) is 23.3 Å². The molecule has 0 saturated heterocycles. The van der Waals surface area contributed by atoms with Crippen molar-refractivity contribution in [1.82, 2.24) is 9.55 Å². The van der Waals surface area contributed by atoms with E-state index in [2.05, 4.69) is 4.98 Å². The largest absolute Gasteiger partial charge is 0.331 e. The van der Waals surface area contributed by atoms with Crippen molar-refractivity contribution < 1.29 is 4.92 Å². The van der Waals surface area contributed by atoms with Crippen LogP contribution in [0.15, 0.2) is 18.7 Å². The minimum atomic E-state index is -0.501. The Hall–Kier alpha value is -1.39. The van der Waals surface area contributed by atoms with Gasteiger partial charge in [-0.3, -0.25) is 10.1 Å². The van der Waals surface area contributed by atoms with Crippen molar-refractivity contribution >= 4 is 0 Å². The summed E-state index contributed by atoms with van der Waals surface area (Å²) in [5.74, 6) is 0. The Morgan fingerprint density at radius 1 is 1.75 bits per heavy atom. The molecule has 0 radical (unpaired) electrons. The Labute approximate surface area is 70.2 Å². The molecular formula is C7H11N3O2. The van der Waals surface area contributed by atoms with E-state index >= 15 is 0 Å². The molecule has 0 saturated carbocycles. The van der Waals surface area contributed by atoms with Crippen LogP contribution in [0, 0.1) is 10.1 Å². The first kappa shape index (κ1) is 8.70. The summed E-state index contributed by atoms with van der Waals surface area (Å²) in [5.41, 5.74) is 0.